The van der Waals surface area contributed by atoms with E-state index in [1.54, 1.807) is 13.0 Å². The lowest BCUT2D eigenvalue weighted by molar-refractivity contribution is -0.137. The van der Waals surface area contributed by atoms with Crippen molar-refractivity contribution in [3.8, 4) is 0 Å². The topological polar surface area (TPSA) is 57.6 Å². The van der Waals surface area contributed by atoms with Gasteiger partial charge in [-0.05, 0) is 19.1 Å². The molecule has 0 aliphatic heterocycles. The highest BCUT2D eigenvalue weighted by molar-refractivity contribution is 5.96. The van der Waals surface area contributed by atoms with Crippen molar-refractivity contribution < 1.29 is 19.1 Å². The molecule has 1 aromatic rings. The van der Waals surface area contributed by atoms with Gasteiger partial charge in [0, 0.05) is 7.05 Å². The smallest absolute Gasteiger partial charge is 0.323 e. The summed E-state index contributed by atoms with van der Waals surface area (Å²) < 4.78 is 13.3. The summed E-state index contributed by atoms with van der Waals surface area (Å²) in [6.07, 6.45) is 0. The zero-order chi connectivity index (χ0) is 12.3. The summed E-state index contributed by atoms with van der Waals surface area (Å²) in [7, 11) is 1.32. The second-order valence-electron chi connectivity index (χ2n) is 3.54. The van der Waals surface area contributed by atoms with Crippen LogP contribution in [0.2, 0.25) is 0 Å². The highest BCUT2D eigenvalue weighted by Crippen LogP contribution is 2.12. The van der Waals surface area contributed by atoms with Crippen LogP contribution in [0, 0.1) is 12.7 Å². The SMILES string of the molecule is Cc1ccc(F)c(C(=O)N(C)CC(=O)O)c1. The minimum Gasteiger partial charge on any atom is -0.480 e. The lowest BCUT2D eigenvalue weighted by Crippen LogP contribution is -2.32. The van der Waals surface area contributed by atoms with Gasteiger partial charge in [-0.2, -0.15) is 0 Å². The van der Waals surface area contributed by atoms with Gasteiger partial charge in [-0.25, -0.2) is 4.39 Å². The molecule has 5 heteroatoms. The van der Waals surface area contributed by atoms with Crippen LogP contribution < -0.4 is 0 Å². The number of halogens is 1. The standard InChI is InChI=1S/C11H12FNO3/c1-7-3-4-9(12)8(5-7)11(16)13(2)6-10(14)15/h3-5H,6H2,1-2H3,(H,14,15). The van der Waals surface area contributed by atoms with Crippen LogP contribution in [-0.4, -0.2) is 35.5 Å². The molecule has 4 nitrogen and oxygen atoms in total. The van der Waals surface area contributed by atoms with Crippen LogP contribution in [0.1, 0.15) is 15.9 Å². The number of rotatable bonds is 3. The molecule has 0 heterocycles. The lowest BCUT2D eigenvalue weighted by atomic mass is 10.1. The highest BCUT2D eigenvalue weighted by Gasteiger charge is 2.17. The van der Waals surface area contributed by atoms with E-state index >= 15 is 0 Å². The van der Waals surface area contributed by atoms with Crippen molar-refractivity contribution in [1.29, 1.82) is 0 Å². The zero-order valence-corrected chi connectivity index (χ0v) is 9.03. The van der Waals surface area contributed by atoms with Crippen molar-refractivity contribution in [3.05, 3.63) is 35.1 Å². The summed E-state index contributed by atoms with van der Waals surface area (Å²) in [6, 6.07) is 4.14. The number of hydrogen-bond donors (Lipinski definition) is 1. The fourth-order valence-corrected chi connectivity index (χ4v) is 1.28. The number of carbonyl (C=O) groups is 2. The van der Waals surface area contributed by atoms with Gasteiger partial charge in [0.05, 0.1) is 5.56 Å². The summed E-state index contributed by atoms with van der Waals surface area (Å²) in [5.74, 6) is -2.42. The number of hydrogen-bond acceptors (Lipinski definition) is 2. The van der Waals surface area contributed by atoms with E-state index in [2.05, 4.69) is 0 Å². The molecule has 0 saturated heterocycles. The summed E-state index contributed by atoms with van der Waals surface area (Å²) in [4.78, 5) is 23.0. The Morgan fingerprint density at radius 1 is 1.44 bits per heavy atom. The quantitative estimate of drug-likeness (QED) is 0.843. The first-order valence-electron chi connectivity index (χ1n) is 4.65. The van der Waals surface area contributed by atoms with E-state index in [0.717, 1.165) is 10.5 Å². The van der Waals surface area contributed by atoms with E-state index in [4.69, 9.17) is 5.11 Å². The van der Waals surface area contributed by atoms with E-state index < -0.39 is 24.2 Å². The van der Waals surface area contributed by atoms with Crippen LogP contribution in [0.5, 0.6) is 0 Å². The van der Waals surface area contributed by atoms with Crippen molar-refractivity contribution in [2.24, 2.45) is 0 Å². The first-order chi connectivity index (χ1) is 7.41. The van der Waals surface area contributed by atoms with Crippen molar-refractivity contribution in [3.63, 3.8) is 0 Å². The van der Waals surface area contributed by atoms with E-state index in [9.17, 15) is 14.0 Å². The Hall–Kier alpha value is -1.91. The number of likely N-dealkylation sites (N-methyl/N-ethyl adjacent to an activating group) is 1. The summed E-state index contributed by atoms with van der Waals surface area (Å²) in [5.41, 5.74) is 0.636. The molecule has 16 heavy (non-hydrogen) atoms. The molecular formula is C11H12FNO3. The monoisotopic (exact) mass is 225 g/mol. The second kappa shape index (κ2) is 4.74. The van der Waals surface area contributed by atoms with Gasteiger partial charge in [0.2, 0.25) is 0 Å². The van der Waals surface area contributed by atoms with Gasteiger partial charge in [0.1, 0.15) is 12.4 Å². The van der Waals surface area contributed by atoms with Crippen LogP contribution in [0.3, 0.4) is 0 Å². The molecule has 0 aliphatic carbocycles. The van der Waals surface area contributed by atoms with E-state index in [-0.39, 0.29) is 5.56 Å². The molecule has 0 bridgehead atoms. The van der Waals surface area contributed by atoms with Crippen LogP contribution in [0.4, 0.5) is 4.39 Å². The van der Waals surface area contributed by atoms with Gasteiger partial charge < -0.3 is 10.0 Å². The van der Waals surface area contributed by atoms with Gasteiger partial charge in [-0.1, -0.05) is 11.6 Å². The van der Waals surface area contributed by atoms with Gasteiger partial charge in [-0.3, -0.25) is 9.59 Å². The molecule has 0 spiro atoms. The molecule has 0 aliphatic rings. The van der Waals surface area contributed by atoms with Crippen molar-refractivity contribution in [2.45, 2.75) is 6.92 Å². The zero-order valence-electron chi connectivity index (χ0n) is 9.03. The third kappa shape index (κ3) is 2.79. The Balaban J connectivity index is 2.95. The maximum Gasteiger partial charge on any atom is 0.323 e. The maximum atomic E-state index is 13.3. The molecule has 86 valence electrons. The van der Waals surface area contributed by atoms with E-state index in [1.165, 1.54) is 19.2 Å². The normalized spacial score (nSPS) is 9.94. The number of benzene rings is 1. The average molecular weight is 225 g/mol. The average Bonchev–Trinajstić information content (AvgIpc) is 2.19. The molecule has 0 fully saturated rings. The predicted octanol–water partition coefficient (Wildman–Crippen LogP) is 1.29. The Labute approximate surface area is 92.3 Å². The minimum absolute atomic E-state index is 0.108. The summed E-state index contributed by atoms with van der Waals surface area (Å²) in [5, 5.41) is 8.52. The fraction of sp³-hybridized carbons (Fsp3) is 0.273. The van der Waals surface area contributed by atoms with Gasteiger partial charge in [-0.15, -0.1) is 0 Å². The fourth-order valence-electron chi connectivity index (χ4n) is 1.28. The number of amides is 1. The van der Waals surface area contributed by atoms with Crippen molar-refractivity contribution in [2.75, 3.05) is 13.6 Å². The molecule has 1 rings (SSSR count). The van der Waals surface area contributed by atoms with Gasteiger partial charge >= 0.3 is 5.97 Å². The van der Waals surface area contributed by atoms with E-state index in [1.807, 2.05) is 0 Å². The third-order valence-corrected chi connectivity index (χ3v) is 2.07. The summed E-state index contributed by atoms with van der Waals surface area (Å²) >= 11 is 0. The Morgan fingerprint density at radius 2 is 2.06 bits per heavy atom. The van der Waals surface area contributed by atoms with Gasteiger partial charge in [0.15, 0.2) is 0 Å². The second-order valence-corrected chi connectivity index (χ2v) is 3.54. The number of aryl methyl sites for hydroxylation is 1. The maximum absolute atomic E-state index is 13.3. The van der Waals surface area contributed by atoms with Crippen molar-refractivity contribution >= 4 is 11.9 Å². The molecule has 1 aromatic carbocycles. The Morgan fingerprint density at radius 3 is 2.62 bits per heavy atom. The van der Waals surface area contributed by atoms with Crippen LogP contribution in [0.25, 0.3) is 0 Å². The third-order valence-electron chi connectivity index (χ3n) is 2.07. The van der Waals surface area contributed by atoms with Crippen LogP contribution in [0.15, 0.2) is 18.2 Å². The summed E-state index contributed by atoms with van der Waals surface area (Å²) in [6.45, 7) is 1.28. The molecule has 1 N–H and O–H groups in total. The number of carboxylic acid groups (broad SMARTS) is 1. The molecule has 0 saturated carbocycles. The number of nitrogens with zero attached hydrogens (tertiary/aromatic N) is 1. The minimum atomic E-state index is -1.14. The first-order valence-corrected chi connectivity index (χ1v) is 4.65. The molecular weight excluding hydrogens is 213 g/mol. The molecule has 0 radical (unpaired) electrons. The highest BCUT2D eigenvalue weighted by atomic mass is 19.1. The molecule has 0 aromatic heterocycles. The van der Waals surface area contributed by atoms with Crippen LogP contribution in [-0.2, 0) is 4.79 Å². The van der Waals surface area contributed by atoms with Gasteiger partial charge in [0.25, 0.3) is 5.91 Å². The van der Waals surface area contributed by atoms with Crippen LogP contribution >= 0.6 is 0 Å². The van der Waals surface area contributed by atoms with E-state index in [0.29, 0.717) is 0 Å². The van der Waals surface area contributed by atoms with Crippen molar-refractivity contribution in [1.82, 2.24) is 4.90 Å². The number of carboxylic acids is 1. The largest absolute Gasteiger partial charge is 0.480 e. The lowest BCUT2D eigenvalue weighted by Gasteiger charge is -2.15. The number of carbonyl (C=O) groups excluding carboxylic acids is 1. The Kier molecular flexibility index (Phi) is 3.60. The Bertz CT molecular complexity index is 431. The molecule has 0 unspecified atom stereocenters. The molecule has 1 amide bonds. The number of aliphatic carboxylic acids is 1. The predicted molar refractivity (Wildman–Crippen MR) is 55.7 cm³/mol. The first kappa shape index (κ1) is 12.2. The molecule has 0 atom stereocenters.